The van der Waals surface area contributed by atoms with Crippen molar-refractivity contribution in [3.8, 4) is 6.07 Å². The molecule has 23 heavy (non-hydrogen) atoms. The molecule has 0 saturated carbocycles. The minimum absolute atomic E-state index is 0.118. The van der Waals surface area contributed by atoms with Crippen molar-refractivity contribution in [3.63, 3.8) is 0 Å². The SMILES string of the molecule is CC(=O)Nc1ccn(C2CCN(c3ccc(C#N)cc3F)C2)n1. The van der Waals surface area contributed by atoms with Crippen molar-refractivity contribution in [2.75, 3.05) is 23.3 Å². The molecule has 118 valence electrons. The van der Waals surface area contributed by atoms with Crippen LogP contribution in [0.2, 0.25) is 0 Å². The van der Waals surface area contributed by atoms with Crippen LogP contribution in [0.15, 0.2) is 30.5 Å². The number of nitrogens with zero attached hydrogens (tertiary/aromatic N) is 4. The number of hydrogen-bond donors (Lipinski definition) is 1. The highest BCUT2D eigenvalue weighted by Crippen LogP contribution is 2.29. The van der Waals surface area contributed by atoms with Gasteiger partial charge in [0.05, 0.1) is 23.4 Å². The number of anilines is 2. The zero-order valence-corrected chi connectivity index (χ0v) is 12.7. The molecule has 1 N–H and O–H groups in total. The van der Waals surface area contributed by atoms with E-state index in [4.69, 9.17) is 5.26 Å². The van der Waals surface area contributed by atoms with Crippen LogP contribution in [0.1, 0.15) is 24.9 Å². The first-order valence-electron chi connectivity index (χ1n) is 7.34. The summed E-state index contributed by atoms with van der Waals surface area (Å²) in [5.41, 5.74) is 0.815. The van der Waals surface area contributed by atoms with Crippen molar-refractivity contribution in [1.82, 2.24) is 9.78 Å². The number of nitriles is 1. The zero-order valence-electron chi connectivity index (χ0n) is 12.7. The van der Waals surface area contributed by atoms with Crippen molar-refractivity contribution in [2.45, 2.75) is 19.4 Å². The number of aromatic nitrogens is 2. The van der Waals surface area contributed by atoms with E-state index in [1.54, 1.807) is 22.9 Å². The lowest BCUT2D eigenvalue weighted by molar-refractivity contribution is -0.114. The van der Waals surface area contributed by atoms with Crippen molar-refractivity contribution < 1.29 is 9.18 Å². The highest BCUT2D eigenvalue weighted by atomic mass is 19.1. The third-order valence-electron chi connectivity index (χ3n) is 3.87. The molecule has 1 unspecified atom stereocenters. The molecule has 3 rings (SSSR count). The molecule has 0 bridgehead atoms. The third-order valence-corrected chi connectivity index (χ3v) is 3.87. The Morgan fingerprint density at radius 1 is 1.48 bits per heavy atom. The molecule has 6 nitrogen and oxygen atoms in total. The standard InChI is InChI=1S/C16H16FN5O/c1-11(23)19-16-5-7-22(20-16)13-4-6-21(10-13)15-3-2-12(9-18)8-14(15)17/h2-3,5,7-8,13H,4,6,10H2,1H3,(H,19,20,23). The largest absolute Gasteiger partial charge is 0.367 e. The molecule has 1 atom stereocenters. The van der Waals surface area contributed by atoms with Gasteiger partial charge >= 0.3 is 0 Å². The molecule has 1 fully saturated rings. The zero-order chi connectivity index (χ0) is 16.4. The first kappa shape index (κ1) is 15.0. The van der Waals surface area contributed by atoms with Gasteiger partial charge in [-0.2, -0.15) is 10.4 Å². The Bertz CT molecular complexity index is 779. The highest BCUT2D eigenvalue weighted by molar-refractivity contribution is 5.87. The number of hydrogen-bond acceptors (Lipinski definition) is 4. The van der Waals surface area contributed by atoms with Gasteiger partial charge in [0.1, 0.15) is 5.82 Å². The van der Waals surface area contributed by atoms with Gasteiger partial charge in [-0.3, -0.25) is 9.48 Å². The van der Waals surface area contributed by atoms with Gasteiger partial charge in [0.25, 0.3) is 0 Å². The first-order valence-corrected chi connectivity index (χ1v) is 7.34. The van der Waals surface area contributed by atoms with E-state index in [-0.39, 0.29) is 17.8 Å². The summed E-state index contributed by atoms with van der Waals surface area (Å²) in [6, 6.07) is 8.31. The predicted octanol–water partition coefficient (Wildman–Crippen LogP) is 2.30. The number of carbonyl (C=O) groups is 1. The number of benzene rings is 1. The molecular weight excluding hydrogens is 297 g/mol. The lowest BCUT2D eigenvalue weighted by Gasteiger charge is -2.19. The third kappa shape index (κ3) is 3.16. The second kappa shape index (κ2) is 6.08. The lowest BCUT2D eigenvalue weighted by atomic mass is 10.2. The molecule has 1 aromatic carbocycles. The Kier molecular flexibility index (Phi) is 3.98. The molecule has 2 aromatic rings. The summed E-state index contributed by atoms with van der Waals surface area (Å²) in [5, 5.41) is 15.8. The van der Waals surface area contributed by atoms with E-state index in [0.717, 1.165) is 6.42 Å². The quantitative estimate of drug-likeness (QED) is 0.943. The fourth-order valence-electron chi connectivity index (χ4n) is 2.80. The molecule has 1 aromatic heterocycles. The molecule has 0 radical (unpaired) electrons. The van der Waals surface area contributed by atoms with E-state index < -0.39 is 0 Å². The van der Waals surface area contributed by atoms with E-state index in [1.165, 1.54) is 13.0 Å². The number of halogens is 1. The van der Waals surface area contributed by atoms with Crippen LogP contribution in [0.5, 0.6) is 0 Å². The highest BCUT2D eigenvalue weighted by Gasteiger charge is 2.26. The van der Waals surface area contributed by atoms with Gasteiger partial charge < -0.3 is 10.2 Å². The molecule has 2 heterocycles. The molecule has 1 amide bonds. The van der Waals surface area contributed by atoms with Gasteiger partial charge in [-0.25, -0.2) is 4.39 Å². The average molecular weight is 313 g/mol. The van der Waals surface area contributed by atoms with E-state index >= 15 is 0 Å². The molecule has 1 aliphatic heterocycles. The summed E-state index contributed by atoms with van der Waals surface area (Å²) in [6.07, 6.45) is 2.65. The van der Waals surface area contributed by atoms with Crippen LogP contribution in [-0.2, 0) is 4.79 Å². The van der Waals surface area contributed by atoms with Crippen LogP contribution in [0, 0.1) is 17.1 Å². The van der Waals surface area contributed by atoms with E-state index in [0.29, 0.717) is 30.2 Å². The van der Waals surface area contributed by atoms with Crippen LogP contribution in [0.4, 0.5) is 15.9 Å². The number of carbonyl (C=O) groups excluding carboxylic acids is 1. The molecular formula is C16H16FN5O. The lowest BCUT2D eigenvalue weighted by Crippen LogP contribution is -2.22. The molecule has 1 aliphatic rings. The van der Waals surface area contributed by atoms with Crippen LogP contribution < -0.4 is 10.2 Å². The smallest absolute Gasteiger partial charge is 0.222 e. The number of nitrogens with one attached hydrogen (secondary N) is 1. The predicted molar refractivity (Wildman–Crippen MR) is 83.5 cm³/mol. The molecule has 1 saturated heterocycles. The van der Waals surface area contributed by atoms with Crippen LogP contribution >= 0.6 is 0 Å². The Morgan fingerprint density at radius 3 is 3.00 bits per heavy atom. The molecule has 0 spiro atoms. The maximum Gasteiger partial charge on any atom is 0.222 e. The van der Waals surface area contributed by atoms with E-state index in [1.807, 2.05) is 17.2 Å². The van der Waals surface area contributed by atoms with Gasteiger partial charge in [-0.1, -0.05) is 0 Å². The second-order valence-corrected chi connectivity index (χ2v) is 5.53. The van der Waals surface area contributed by atoms with Crippen LogP contribution in [-0.4, -0.2) is 28.8 Å². The first-order chi connectivity index (χ1) is 11.1. The Hall–Kier alpha value is -2.88. The second-order valence-electron chi connectivity index (χ2n) is 5.53. The van der Waals surface area contributed by atoms with Crippen molar-refractivity contribution in [2.24, 2.45) is 0 Å². The van der Waals surface area contributed by atoms with Gasteiger partial charge in [0, 0.05) is 32.3 Å². The van der Waals surface area contributed by atoms with E-state index in [2.05, 4.69) is 10.4 Å². The van der Waals surface area contributed by atoms with Crippen molar-refractivity contribution in [3.05, 3.63) is 41.8 Å². The van der Waals surface area contributed by atoms with Gasteiger partial charge in [0.15, 0.2) is 5.82 Å². The summed E-state index contributed by atoms with van der Waals surface area (Å²) in [4.78, 5) is 13.0. The fourth-order valence-corrected chi connectivity index (χ4v) is 2.80. The Morgan fingerprint density at radius 2 is 2.30 bits per heavy atom. The monoisotopic (exact) mass is 313 g/mol. The summed E-state index contributed by atoms with van der Waals surface area (Å²) in [5.74, 6) is -0.0347. The van der Waals surface area contributed by atoms with Crippen LogP contribution in [0.3, 0.4) is 0 Å². The summed E-state index contributed by atoms with van der Waals surface area (Å²) < 4.78 is 15.9. The summed E-state index contributed by atoms with van der Waals surface area (Å²) >= 11 is 0. The fraction of sp³-hybridized carbons (Fsp3) is 0.312. The maximum atomic E-state index is 14.1. The molecule has 0 aliphatic carbocycles. The average Bonchev–Trinajstić information content (AvgIpc) is 3.15. The topological polar surface area (TPSA) is 74.0 Å². The number of amides is 1. The molecule has 7 heteroatoms. The normalized spacial score (nSPS) is 17.1. The Balaban J connectivity index is 1.72. The Labute approximate surface area is 133 Å². The van der Waals surface area contributed by atoms with Crippen LogP contribution in [0.25, 0.3) is 0 Å². The van der Waals surface area contributed by atoms with E-state index in [9.17, 15) is 9.18 Å². The summed E-state index contributed by atoms with van der Waals surface area (Å²) in [7, 11) is 0. The van der Waals surface area contributed by atoms with Gasteiger partial charge in [0.2, 0.25) is 5.91 Å². The van der Waals surface area contributed by atoms with Gasteiger partial charge in [-0.15, -0.1) is 0 Å². The van der Waals surface area contributed by atoms with Crippen molar-refractivity contribution in [1.29, 1.82) is 5.26 Å². The number of rotatable bonds is 3. The minimum Gasteiger partial charge on any atom is -0.367 e. The maximum absolute atomic E-state index is 14.1. The van der Waals surface area contributed by atoms with Crippen molar-refractivity contribution >= 4 is 17.4 Å². The minimum atomic E-state index is -0.385. The summed E-state index contributed by atoms with van der Waals surface area (Å²) in [6.45, 7) is 2.77. The van der Waals surface area contributed by atoms with Gasteiger partial charge in [-0.05, 0) is 24.6 Å².